The van der Waals surface area contributed by atoms with Crippen molar-refractivity contribution in [3.05, 3.63) is 0 Å². The average molecular weight is 259 g/mol. The normalized spacial score (nSPS) is 32.2. The predicted molar refractivity (Wildman–Crippen MR) is 72.8 cm³/mol. The molecule has 1 aliphatic heterocycles. The molecule has 0 aromatic rings. The number of rotatable bonds is 7. The topological polar surface area (TPSA) is 50.7 Å². The van der Waals surface area contributed by atoms with E-state index in [0.717, 1.165) is 25.8 Å². The molecule has 4 heteroatoms. The fourth-order valence-electron chi connectivity index (χ4n) is 2.58. The molecule has 0 aromatic heterocycles. The van der Waals surface area contributed by atoms with Crippen LogP contribution in [0.4, 0.5) is 0 Å². The van der Waals surface area contributed by atoms with E-state index in [0.29, 0.717) is 12.7 Å². The van der Waals surface area contributed by atoms with E-state index in [1.807, 2.05) is 6.92 Å². The standard InChI is InChI=1S/C14H29NO3/c1-5-15-14(4,10-16)6-7-17-13-8-11(2)18-12(3)9-13/h11-13,15-16H,5-10H2,1-4H3. The van der Waals surface area contributed by atoms with Gasteiger partial charge in [-0.2, -0.15) is 0 Å². The molecular weight excluding hydrogens is 230 g/mol. The molecule has 3 unspecified atom stereocenters. The number of hydrogen-bond acceptors (Lipinski definition) is 4. The van der Waals surface area contributed by atoms with Crippen LogP contribution in [0.1, 0.15) is 47.0 Å². The van der Waals surface area contributed by atoms with Crippen LogP contribution in [0.2, 0.25) is 0 Å². The van der Waals surface area contributed by atoms with Crippen molar-refractivity contribution in [1.82, 2.24) is 5.32 Å². The van der Waals surface area contributed by atoms with E-state index < -0.39 is 0 Å². The first-order valence-corrected chi connectivity index (χ1v) is 7.12. The molecule has 0 radical (unpaired) electrons. The molecule has 0 amide bonds. The van der Waals surface area contributed by atoms with Crippen LogP contribution in [-0.2, 0) is 9.47 Å². The van der Waals surface area contributed by atoms with Crippen molar-refractivity contribution in [2.75, 3.05) is 19.8 Å². The van der Waals surface area contributed by atoms with Gasteiger partial charge in [-0.25, -0.2) is 0 Å². The lowest BCUT2D eigenvalue weighted by atomic mass is 9.99. The van der Waals surface area contributed by atoms with Crippen LogP contribution >= 0.6 is 0 Å². The highest BCUT2D eigenvalue weighted by Gasteiger charge is 2.26. The Balaban J connectivity index is 2.27. The third-order valence-electron chi connectivity index (χ3n) is 3.61. The highest BCUT2D eigenvalue weighted by atomic mass is 16.5. The smallest absolute Gasteiger partial charge is 0.0624 e. The minimum atomic E-state index is -0.225. The van der Waals surface area contributed by atoms with Gasteiger partial charge in [0.15, 0.2) is 0 Å². The number of ether oxygens (including phenoxy) is 2. The van der Waals surface area contributed by atoms with Crippen LogP contribution in [0.25, 0.3) is 0 Å². The molecule has 1 rings (SSSR count). The van der Waals surface area contributed by atoms with Gasteiger partial charge in [-0.05, 0) is 46.6 Å². The molecule has 1 saturated heterocycles. The van der Waals surface area contributed by atoms with Gasteiger partial charge in [-0.3, -0.25) is 0 Å². The van der Waals surface area contributed by atoms with Crippen molar-refractivity contribution in [1.29, 1.82) is 0 Å². The highest BCUT2D eigenvalue weighted by molar-refractivity contribution is 4.82. The molecule has 0 bridgehead atoms. The second kappa shape index (κ2) is 7.43. The largest absolute Gasteiger partial charge is 0.394 e. The summed E-state index contributed by atoms with van der Waals surface area (Å²) in [5.74, 6) is 0. The molecule has 0 aromatic carbocycles. The first-order valence-electron chi connectivity index (χ1n) is 7.12. The number of aliphatic hydroxyl groups is 1. The Morgan fingerprint density at radius 3 is 2.44 bits per heavy atom. The molecular formula is C14H29NO3. The monoisotopic (exact) mass is 259 g/mol. The van der Waals surface area contributed by atoms with E-state index in [-0.39, 0.29) is 24.4 Å². The Morgan fingerprint density at radius 1 is 1.33 bits per heavy atom. The van der Waals surface area contributed by atoms with E-state index in [1.165, 1.54) is 0 Å². The van der Waals surface area contributed by atoms with Crippen molar-refractivity contribution in [2.45, 2.75) is 70.8 Å². The number of nitrogens with one attached hydrogen (secondary N) is 1. The summed E-state index contributed by atoms with van der Waals surface area (Å²) in [6, 6.07) is 0. The molecule has 0 spiro atoms. The molecule has 108 valence electrons. The van der Waals surface area contributed by atoms with Crippen LogP contribution in [0.15, 0.2) is 0 Å². The van der Waals surface area contributed by atoms with Crippen LogP contribution in [0.5, 0.6) is 0 Å². The van der Waals surface area contributed by atoms with Gasteiger partial charge in [0, 0.05) is 12.1 Å². The summed E-state index contributed by atoms with van der Waals surface area (Å²) < 4.78 is 11.6. The van der Waals surface area contributed by atoms with E-state index in [1.54, 1.807) is 0 Å². The zero-order valence-electron chi connectivity index (χ0n) is 12.2. The number of likely N-dealkylation sites (N-methyl/N-ethyl adjacent to an activating group) is 1. The lowest BCUT2D eigenvalue weighted by Gasteiger charge is -2.33. The van der Waals surface area contributed by atoms with Crippen molar-refractivity contribution in [3.8, 4) is 0 Å². The second-order valence-electron chi connectivity index (χ2n) is 5.72. The summed E-state index contributed by atoms with van der Waals surface area (Å²) in [7, 11) is 0. The van der Waals surface area contributed by atoms with E-state index in [4.69, 9.17) is 9.47 Å². The van der Waals surface area contributed by atoms with E-state index >= 15 is 0 Å². The van der Waals surface area contributed by atoms with Crippen molar-refractivity contribution in [2.24, 2.45) is 0 Å². The van der Waals surface area contributed by atoms with Gasteiger partial charge in [-0.1, -0.05) is 6.92 Å². The lowest BCUT2D eigenvalue weighted by molar-refractivity contribution is -0.104. The van der Waals surface area contributed by atoms with Gasteiger partial charge in [0.1, 0.15) is 0 Å². The molecule has 0 aliphatic carbocycles. The minimum Gasteiger partial charge on any atom is -0.394 e. The van der Waals surface area contributed by atoms with Gasteiger partial charge in [0.2, 0.25) is 0 Å². The molecule has 1 heterocycles. The highest BCUT2D eigenvalue weighted by Crippen LogP contribution is 2.22. The summed E-state index contributed by atoms with van der Waals surface area (Å²) >= 11 is 0. The summed E-state index contributed by atoms with van der Waals surface area (Å²) in [4.78, 5) is 0. The summed E-state index contributed by atoms with van der Waals surface area (Å²) in [6.07, 6.45) is 3.65. The fraction of sp³-hybridized carbons (Fsp3) is 1.00. The van der Waals surface area contributed by atoms with Crippen LogP contribution in [0, 0.1) is 0 Å². The first kappa shape index (κ1) is 15.9. The first-order chi connectivity index (χ1) is 8.49. The Labute approximate surface area is 111 Å². The van der Waals surface area contributed by atoms with Gasteiger partial charge < -0.3 is 19.9 Å². The lowest BCUT2D eigenvalue weighted by Crippen LogP contribution is -2.46. The Kier molecular flexibility index (Phi) is 6.57. The summed E-state index contributed by atoms with van der Waals surface area (Å²) in [5.41, 5.74) is -0.225. The average Bonchev–Trinajstić information content (AvgIpc) is 2.28. The van der Waals surface area contributed by atoms with Gasteiger partial charge in [0.25, 0.3) is 0 Å². The van der Waals surface area contributed by atoms with Crippen LogP contribution in [0.3, 0.4) is 0 Å². The van der Waals surface area contributed by atoms with Gasteiger partial charge in [0.05, 0.1) is 24.9 Å². The molecule has 1 fully saturated rings. The predicted octanol–water partition coefficient (Wildman–Crippen LogP) is 1.71. The van der Waals surface area contributed by atoms with Crippen LogP contribution in [-0.4, -0.2) is 48.7 Å². The van der Waals surface area contributed by atoms with Crippen molar-refractivity contribution < 1.29 is 14.6 Å². The van der Waals surface area contributed by atoms with Crippen molar-refractivity contribution in [3.63, 3.8) is 0 Å². The Morgan fingerprint density at radius 2 is 1.94 bits per heavy atom. The van der Waals surface area contributed by atoms with Crippen molar-refractivity contribution >= 4 is 0 Å². The van der Waals surface area contributed by atoms with E-state index in [2.05, 4.69) is 26.1 Å². The Hall–Kier alpha value is -0.160. The zero-order chi connectivity index (χ0) is 13.6. The molecule has 1 aliphatic rings. The molecule has 18 heavy (non-hydrogen) atoms. The zero-order valence-corrected chi connectivity index (χ0v) is 12.2. The number of aliphatic hydroxyl groups excluding tert-OH is 1. The summed E-state index contributed by atoms with van der Waals surface area (Å²) in [6.45, 7) is 9.98. The van der Waals surface area contributed by atoms with E-state index in [9.17, 15) is 5.11 Å². The maximum atomic E-state index is 9.40. The molecule has 2 N–H and O–H groups in total. The third-order valence-corrected chi connectivity index (χ3v) is 3.61. The molecule has 3 atom stereocenters. The Bertz CT molecular complexity index is 227. The minimum absolute atomic E-state index is 0.144. The summed E-state index contributed by atoms with van der Waals surface area (Å²) in [5, 5.41) is 12.7. The van der Waals surface area contributed by atoms with Crippen LogP contribution < -0.4 is 5.32 Å². The van der Waals surface area contributed by atoms with Gasteiger partial charge in [-0.15, -0.1) is 0 Å². The number of hydrogen-bond donors (Lipinski definition) is 2. The maximum absolute atomic E-state index is 9.40. The molecule has 0 saturated carbocycles. The maximum Gasteiger partial charge on any atom is 0.0624 e. The fourth-order valence-corrected chi connectivity index (χ4v) is 2.58. The second-order valence-corrected chi connectivity index (χ2v) is 5.72. The van der Waals surface area contributed by atoms with Gasteiger partial charge >= 0.3 is 0 Å². The third kappa shape index (κ3) is 5.22. The SMILES string of the molecule is CCNC(C)(CO)CCOC1CC(C)OC(C)C1. The quantitative estimate of drug-likeness (QED) is 0.731. The molecule has 4 nitrogen and oxygen atoms in total.